The Balaban J connectivity index is 1.36. The highest BCUT2D eigenvalue weighted by Crippen LogP contribution is 2.30. The predicted octanol–water partition coefficient (Wildman–Crippen LogP) is 2.26. The van der Waals surface area contributed by atoms with Crippen LogP contribution in [0, 0.1) is 0 Å². The van der Waals surface area contributed by atoms with Gasteiger partial charge in [0.1, 0.15) is 12.7 Å². The van der Waals surface area contributed by atoms with Gasteiger partial charge in [-0.05, 0) is 40.6 Å². The number of ether oxygens (including phenoxy) is 3. The smallest absolute Gasteiger partial charge is 0.331 e. The van der Waals surface area contributed by atoms with E-state index in [2.05, 4.69) is 5.32 Å². The monoisotopic (exact) mass is 359 g/mol. The summed E-state index contributed by atoms with van der Waals surface area (Å²) in [5.41, 5.74) is 0.918. The van der Waals surface area contributed by atoms with Crippen molar-refractivity contribution in [3.05, 3.63) is 52.7 Å². The van der Waals surface area contributed by atoms with Gasteiger partial charge in [-0.15, -0.1) is 0 Å². The molecule has 2 heterocycles. The minimum Gasteiger partial charge on any atom is -0.486 e. The predicted molar refractivity (Wildman–Crippen MR) is 93.7 cm³/mol. The fraction of sp³-hybridized carbons (Fsp3) is 0.222. The van der Waals surface area contributed by atoms with E-state index < -0.39 is 5.97 Å². The van der Waals surface area contributed by atoms with Crippen molar-refractivity contribution in [3.63, 3.8) is 0 Å². The molecule has 3 rings (SSSR count). The molecule has 25 heavy (non-hydrogen) atoms. The van der Waals surface area contributed by atoms with E-state index in [4.69, 9.17) is 14.2 Å². The Morgan fingerprint density at radius 2 is 2.12 bits per heavy atom. The van der Waals surface area contributed by atoms with Crippen LogP contribution in [0.5, 0.6) is 11.5 Å². The summed E-state index contributed by atoms with van der Waals surface area (Å²) in [5, 5.41) is 6.48. The van der Waals surface area contributed by atoms with Crippen LogP contribution in [0.3, 0.4) is 0 Å². The van der Waals surface area contributed by atoms with Crippen LogP contribution in [0.1, 0.15) is 5.56 Å². The third-order valence-electron chi connectivity index (χ3n) is 3.39. The average molecular weight is 359 g/mol. The lowest BCUT2D eigenvalue weighted by molar-refractivity contribution is -0.143. The van der Waals surface area contributed by atoms with Crippen molar-refractivity contribution in [2.24, 2.45) is 0 Å². The van der Waals surface area contributed by atoms with Crippen LogP contribution in [0.15, 0.2) is 47.2 Å². The molecule has 1 atom stereocenters. The maximum atomic E-state index is 11.8. The minimum atomic E-state index is -0.562. The summed E-state index contributed by atoms with van der Waals surface area (Å²) in [6.45, 7) is 0.285. The SMILES string of the molecule is O=C(COC(=O)/C=C/c1ccsc1)NC[C@H]1COc2ccccc2O1. The summed E-state index contributed by atoms with van der Waals surface area (Å²) in [6.07, 6.45) is 2.65. The largest absolute Gasteiger partial charge is 0.486 e. The molecular formula is C18H17NO5S. The number of fused-ring (bicyclic) bond motifs is 1. The van der Waals surface area contributed by atoms with Gasteiger partial charge in [0.05, 0.1) is 6.54 Å². The fourth-order valence-electron chi connectivity index (χ4n) is 2.16. The van der Waals surface area contributed by atoms with Crippen molar-refractivity contribution in [2.45, 2.75) is 6.10 Å². The number of thiophene rings is 1. The quantitative estimate of drug-likeness (QED) is 0.633. The third kappa shape index (κ3) is 5.09. The number of benzene rings is 1. The van der Waals surface area contributed by atoms with Crippen LogP contribution >= 0.6 is 11.3 Å². The fourth-order valence-corrected chi connectivity index (χ4v) is 2.79. The molecule has 0 radical (unpaired) electrons. The molecule has 7 heteroatoms. The first kappa shape index (κ1) is 17.0. The van der Waals surface area contributed by atoms with Gasteiger partial charge < -0.3 is 19.5 Å². The van der Waals surface area contributed by atoms with Crippen LogP contribution in [0.25, 0.3) is 6.08 Å². The summed E-state index contributed by atoms with van der Waals surface area (Å²) in [5.74, 6) is 0.390. The molecule has 6 nitrogen and oxygen atoms in total. The maximum absolute atomic E-state index is 11.8. The standard InChI is InChI=1S/C18H17NO5S/c20-17(11-23-18(21)6-5-13-7-8-25-12-13)19-9-14-10-22-15-3-1-2-4-16(15)24-14/h1-8,12,14H,9-11H2,(H,19,20)/b6-5+/t14-/m0/s1. The number of carbonyl (C=O) groups excluding carboxylic acids is 2. The summed E-state index contributed by atoms with van der Waals surface area (Å²) in [6, 6.07) is 9.24. The molecule has 1 amide bonds. The number of amides is 1. The Hall–Kier alpha value is -2.80. The van der Waals surface area contributed by atoms with Crippen LogP contribution < -0.4 is 14.8 Å². The van der Waals surface area contributed by atoms with E-state index in [0.717, 1.165) is 5.56 Å². The topological polar surface area (TPSA) is 73.9 Å². The minimum absolute atomic E-state index is 0.273. The molecule has 1 aliphatic heterocycles. The molecule has 0 unspecified atom stereocenters. The lowest BCUT2D eigenvalue weighted by Gasteiger charge is -2.26. The van der Waals surface area contributed by atoms with Gasteiger partial charge in [-0.3, -0.25) is 4.79 Å². The first-order valence-electron chi connectivity index (χ1n) is 7.73. The zero-order valence-electron chi connectivity index (χ0n) is 13.3. The zero-order chi connectivity index (χ0) is 17.5. The van der Waals surface area contributed by atoms with Crippen molar-refractivity contribution in [1.29, 1.82) is 0 Å². The third-order valence-corrected chi connectivity index (χ3v) is 4.10. The van der Waals surface area contributed by atoms with Crippen molar-refractivity contribution in [3.8, 4) is 11.5 Å². The Morgan fingerprint density at radius 1 is 1.28 bits per heavy atom. The van der Waals surface area contributed by atoms with Crippen molar-refractivity contribution < 1.29 is 23.8 Å². The van der Waals surface area contributed by atoms with Gasteiger partial charge in [0.25, 0.3) is 5.91 Å². The average Bonchev–Trinajstić information content (AvgIpc) is 3.16. The van der Waals surface area contributed by atoms with E-state index in [1.54, 1.807) is 6.08 Å². The van der Waals surface area contributed by atoms with Gasteiger partial charge in [-0.1, -0.05) is 12.1 Å². The highest BCUT2D eigenvalue weighted by Gasteiger charge is 2.21. The molecule has 1 N–H and O–H groups in total. The lowest BCUT2D eigenvalue weighted by atomic mass is 10.2. The van der Waals surface area contributed by atoms with Gasteiger partial charge in [0.2, 0.25) is 0 Å². The van der Waals surface area contributed by atoms with Crippen LogP contribution in [-0.2, 0) is 14.3 Å². The molecule has 130 valence electrons. The number of nitrogens with one attached hydrogen (secondary N) is 1. The summed E-state index contributed by atoms with van der Waals surface area (Å²) >= 11 is 1.54. The number of para-hydroxylation sites is 2. The summed E-state index contributed by atoms with van der Waals surface area (Å²) in [7, 11) is 0. The molecule has 1 aromatic heterocycles. The number of carbonyl (C=O) groups is 2. The molecule has 0 fully saturated rings. The molecule has 0 saturated heterocycles. The highest BCUT2D eigenvalue weighted by atomic mass is 32.1. The van der Waals surface area contributed by atoms with Gasteiger partial charge in [0, 0.05) is 6.08 Å². The summed E-state index contributed by atoms with van der Waals surface area (Å²) < 4.78 is 16.2. The second kappa shape index (κ2) is 8.34. The Bertz CT molecular complexity index is 757. The van der Waals surface area contributed by atoms with Gasteiger partial charge in [0.15, 0.2) is 18.1 Å². The molecule has 0 saturated carbocycles. The van der Waals surface area contributed by atoms with Gasteiger partial charge in [-0.25, -0.2) is 4.79 Å². The Labute approximate surface area is 149 Å². The van der Waals surface area contributed by atoms with E-state index in [9.17, 15) is 9.59 Å². The van der Waals surface area contributed by atoms with Gasteiger partial charge >= 0.3 is 5.97 Å². The van der Waals surface area contributed by atoms with E-state index in [0.29, 0.717) is 18.1 Å². The Kier molecular flexibility index (Phi) is 5.69. The van der Waals surface area contributed by atoms with Crippen molar-refractivity contribution in [2.75, 3.05) is 19.8 Å². The molecule has 1 aliphatic rings. The molecule has 0 spiro atoms. The number of hydrogen-bond acceptors (Lipinski definition) is 6. The van der Waals surface area contributed by atoms with E-state index in [-0.39, 0.29) is 25.2 Å². The van der Waals surface area contributed by atoms with Crippen molar-refractivity contribution in [1.82, 2.24) is 5.32 Å². The van der Waals surface area contributed by atoms with Gasteiger partial charge in [-0.2, -0.15) is 11.3 Å². The van der Waals surface area contributed by atoms with Crippen LogP contribution in [0.2, 0.25) is 0 Å². The van der Waals surface area contributed by atoms with E-state index >= 15 is 0 Å². The highest BCUT2D eigenvalue weighted by molar-refractivity contribution is 7.08. The van der Waals surface area contributed by atoms with E-state index in [1.165, 1.54) is 17.4 Å². The lowest BCUT2D eigenvalue weighted by Crippen LogP contribution is -2.42. The molecule has 0 bridgehead atoms. The van der Waals surface area contributed by atoms with Crippen LogP contribution in [0.4, 0.5) is 0 Å². The first-order valence-corrected chi connectivity index (χ1v) is 8.67. The molecule has 1 aromatic carbocycles. The first-order chi connectivity index (χ1) is 12.2. The van der Waals surface area contributed by atoms with Crippen molar-refractivity contribution >= 4 is 29.3 Å². The second-order valence-corrected chi connectivity index (χ2v) is 6.08. The molecule has 0 aliphatic carbocycles. The summed E-state index contributed by atoms with van der Waals surface area (Å²) in [4.78, 5) is 23.3. The molecular weight excluding hydrogens is 342 g/mol. The van der Waals surface area contributed by atoms with Crippen LogP contribution in [-0.4, -0.2) is 37.7 Å². The molecule has 2 aromatic rings. The number of rotatable bonds is 6. The zero-order valence-corrected chi connectivity index (χ0v) is 14.2. The number of esters is 1. The Morgan fingerprint density at radius 3 is 2.92 bits per heavy atom. The second-order valence-electron chi connectivity index (χ2n) is 5.30. The number of hydrogen-bond donors (Lipinski definition) is 1. The normalized spacial score (nSPS) is 15.8. The maximum Gasteiger partial charge on any atom is 0.331 e. The van der Waals surface area contributed by atoms with E-state index in [1.807, 2.05) is 41.1 Å².